The number of rotatable bonds is 5. The van der Waals surface area contributed by atoms with Crippen LogP contribution in [-0.4, -0.2) is 45.1 Å². The maximum Gasteiger partial charge on any atom is 0.228 e. The van der Waals surface area contributed by atoms with E-state index in [4.69, 9.17) is 9.51 Å². The van der Waals surface area contributed by atoms with Crippen LogP contribution in [0, 0.1) is 26.7 Å². The SMILES string of the molecule is CCCc1cc(N2C[C@H]3CC[C@@H](C2)N(Cc2c(C)noc2C)C3=O)nc(C)n1. The molecule has 1 amide bonds. The molecular weight excluding hydrogens is 354 g/mol. The fourth-order valence-corrected chi connectivity index (χ4v) is 4.49. The van der Waals surface area contributed by atoms with Crippen molar-refractivity contribution in [2.45, 2.75) is 66.0 Å². The number of carbonyl (C=O) groups excluding carboxylic acids is 1. The Bertz CT molecular complexity index is 858. The highest BCUT2D eigenvalue weighted by Gasteiger charge is 2.41. The van der Waals surface area contributed by atoms with Gasteiger partial charge in [-0.15, -0.1) is 0 Å². The van der Waals surface area contributed by atoms with Crippen LogP contribution in [0.4, 0.5) is 5.82 Å². The molecule has 0 radical (unpaired) electrons. The Balaban J connectivity index is 1.60. The molecule has 5 heterocycles. The van der Waals surface area contributed by atoms with E-state index in [0.717, 1.165) is 73.1 Å². The van der Waals surface area contributed by atoms with Gasteiger partial charge in [0.15, 0.2) is 0 Å². The lowest BCUT2D eigenvalue weighted by atomic mass is 9.93. The van der Waals surface area contributed by atoms with Crippen molar-refractivity contribution in [3.63, 3.8) is 0 Å². The molecule has 7 heteroatoms. The summed E-state index contributed by atoms with van der Waals surface area (Å²) in [6.07, 6.45) is 3.99. The van der Waals surface area contributed by atoms with Gasteiger partial charge in [0, 0.05) is 36.5 Å². The van der Waals surface area contributed by atoms with Crippen molar-refractivity contribution in [2.24, 2.45) is 5.92 Å². The van der Waals surface area contributed by atoms with Gasteiger partial charge >= 0.3 is 0 Å². The van der Waals surface area contributed by atoms with Crippen LogP contribution >= 0.6 is 0 Å². The third-order valence-electron chi connectivity index (χ3n) is 6.01. The Labute approximate surface area is 166 Å². The molecule has 5 rings (SSSR count). The minimum Gasteiger partial charge on any atom is -0.361 e. The van der Waals surface area contributed by atoms with Gasteiger partial charge in [0.05, 0.1) is 18.2 Å². The van der Waals surface area contributed by atoms with Crippen LogP contribution in [0.25, 0.3) is 0 Å². The first-order valence-corrected chi connectivity index (χ1v) is 10.3. The molecule has 150 valence electrons. The molecule has 7 nitrogen and oxygen atoms in total. The minimum atomic E-state index is 0.0177. The highest BCUT2D eigenvalue weighted by atomic mass is 16.5. The Morgan fingerprint density at radius 3 is 2.71 bits per heavy atom. The molecule has 28 heavy (non-hydrogen) atoms. The van der Waals surface area contributed by atoms with Gasteiger partial charge in [0.2, 0.25) is 5.91 Å². The first-order chi connectivity index (χ1) is 13.5. The van der Waals surface area contributed by atoms with Crippen LogP contribution in [0.3, 0.4) is 0 Å². The highest BCUT2D eigenvalue weighted by Crippen LogP contribution is 2.33. The van der Waals surface area contributed by atoms with Crippen LogP contribution < -0.4 is 4.90 Å². The molecule has 3 aliphatic rings. The summed E-state index contributed by atoms with van der Waals surface area (Å²) >= 11 is 0. The molecule has 0 unspecified atom stereocenters. The highest BCUT2D eigenvalue weighted by molar-refractivity contribution is 5.81. The summed E-state index contributed by atoms with van der Waals surface area (Å²) in [7, 11) is 0. The number of hydrogen-bond donors (Lipinski definition) is 0. The molecule has 0 aliphatic carbocycles. The van der Waals surface area contributed by atoms with Crippen molar-refractivity contribution in [1.29, 1.82) is 0 Å². The molecular formula is C21H29N5O2. The summed E-state index contributed by atoms with van der Waals surface area (Å²) in [5.74, 6) is 2.83. The standard InChI is InChI=1S/C21H29N5O2/c1-5-6-17-9-20(23-15(4)22-17)25-10-16-7-8-18(11-25)26(21(16)27)12-19-13(2)24-28-14(19)3/h9,16,18H,5-8,10-12H2,1-4H3/t16-,18+/m1/s1. The van der Waals surface area contributed by atoms with Gasteiger partial charge in [-0.05, 0) is 40.0 Å². The van der Waals surface area contributed by atoms with E-state index in [1.165, 1.54) is 0 Å². The number of fused-ring (bicyclic) bond motifs is 4. The summed E-state index contributed by atoms with van der Waals surface area (Å²) in [5, 5.41) is 4.05. The van der Waals surface area contributed by atoms with Crippen LogP contribution in [0.5, 0.6) is 0 Å². The molecule has 2 aromatic rings. The fraction of sp³-hybridized carbons (Fsp3) is 0.619. The number of carbonyl (C=O) groups is 1. The largest absolute Gasteiger partial charge is 0.361 e. The van der Waals surface area contributed by atoms with E-state index in [2.05, 4.69) is 28.0 Å². The average Bonchev–Trinajstić information content (AvgIpc) is 2.84. The van der Waals surface area contributed by atoms with Gasteiger partial charge in [-0.25, -0.2) is 9.97 Å². The van der Waals surface area contributed by atoms with Gasteiger partial charge in [-0.1, -0.05) is 18.5 Å². The van der Waals surface area contributed by atoms with Crippen molar-refractivity contribution < 1.29 is 9.32 Å². The second-order valence-corrected chi connectivity index (χ2v) is 8.12. The van der Waals surface area contributed by atoms with Crippen LogP contribution in [0.15, 0.2) is 10.6 Å². The van der Waals surface area contributed by atoms with E-state index in [1.807, 2.05) is 25.7 Å². The third-order valence-corrected chi connectivity index (χ3v) is 6.01. The number of hydrogen-bond acceptors (Lipinski definition) is 6. The van der Waals surface area contributed by atoms with E-state index in [9.17, 15) is 4.79 Å². The summed E-state index contributed by atoms with van der Waals surface area (Å²) < 4.78 is 5.31. The summed E-state index contributed by atoms with van der Waals surface area (Å²) in [6.45, 7) is 10.1. The molecule has 0 spiro atoms. The van der Waals surface area contributed by atoms with Gasteiger partial charge in [0.1, 0.15) is 17.4 Å². The zero-order chi connectivity index (χ0) is 19.8. The van der Waals surface area contributed by atoms with Crippen molar-refractivity contribution in [3.05, 3.63) is 34.6 Å². The molecule has 0 aromatic carbocycles. The lowest BCUT2D eigenvalue weighted by Crippen LogP contribution is -2.47. The van der Waals surface area contributed by atoms with Gasteiger partial charge in [-0.2, -0.15) is 0 Å². The second-order valence-electron chi connectivity index (χ2n) is 8.12. The van der Waals surface area contributed by atoms with E-state index in [0.29, 0.717) is 6.54 Å². The Morgan fingerprint density at radius 1 is 1.18 bits per heavy atom. The summed E-state index contributed by atoms with van der Waals surface area (Å²) in [4.78, 5) is 26.8. The lowest BCUT2D eigenvalue weighted by molar-refractivity contribution is -0.140. The molecule has 0 N–H and O–H groups in total. The fourth-order valence-electron chi connectivity index (χ4n) is 4.49. The van der Waals surface area contributed by atoms with Crippen molar-refractivity contribution in [3.8, 4) is 0 Å². The van der Waals surface area contributed by atoms with Crippen molar-refractivity contribution in [2.75, 3.05) is 18.0 Å². The molecule has 3 aliphatic heterocycles. The molecule has 0 saturated carbocycles. The summed E-state index contributed by atoms with van der Waals surface area (Å²) in [6, 6.07) is 2.29. The number of piperidine rings is 1. The first-order valence-electron chi connectivity index (χ1n) is 10.3. The summed E-state index contributed by atoms with van der Waals surface area (Å²) in [5.41, 5.74) is 2.99. The minimum absolute atomic E-state index is 0.0177. The Hall–Kier alpha value is -2.44. The molecule has 2 bridgehead atoms. The molecule has 2 aromatic heterocycles. The monoisotopic (exact) mass is 383 g/mol. The second kappa shape index (κ2) is 7.53. The van der Waals surface area contributed by atoms with E-state index in [-0.39, 0.29) is 17.9 Å². The van der Waals surface area contributed by atoms with E-state index in [1.54, 1.807) is 0 Å². The predicted octanol–water partition coefficient (Wildman–Crippen LogP) is 2.97. The smallest absolute Gasteiger partial charge is 0.228 e. The van der Waals surface area contributed by atoms with Gasteiger partial charge in [0.25, 0.3) is 0 Å². The Kier molecular flexibility index (Phi) is 5.08. The number of amides is 1. The quantitative estimate of drug-likeness (QED) is 0.790. The van der Waals surface area contributed by atoms with Crippen LogP contribution in [0.1, 0.15) is 54.7 Å². The molecule has 2 atom stereocenters. The van der Waals surface area contributed by atoms with Crippen LogP contribution in [-0.2, 0) is 17.8 Å². The van der Waals surface area contributed by atoms with E-state index < -0.39 is 0 Å². The Morgan fingerprint density at radius 2 is 2.00 bits per heavy atom. The topological polar surface area (TPSA) is 75.4 Å². The number of nitrogens with zero attached hydrogens (tertiary/aromatic N) is 5. The van der Waals surface area contributed by atoms with Crippen molar-refractivity contribution in [1.82, 2.24) is 20.0 Å². The lowest BCUT2D eigenvalue weighted by Gasteiger charge is -2.35. The zero-order valence-corrected chi connectivity index (χ0v) is 17.2. The molecule has 3 fully saturated rings. The van der Waals surface area contributed by atoms with Gasteiger partial charge in [-0.3, -0.25) is 4.79 Å². The predicted molar refractivity (Wildman–Crippen MR) is 106 cm³/mol. The third kappa shape index (κ3) is 3.50. The normalized spacial score (nSPS) is 22.1. The zero-order valence-electron chi connectivity index (χ0n) is 17.2. The maximum absolute atomic E-state index is 13.2. The number of anilines is 1. The maximum atomic E-state index is 13.2. The van der Waals surface area contributed by atoms with Gasteiger partial charge < -0.3 is 14.3 Å². The van der Waals surface area contributed by atoms with Crippen molar-refractivity contribution >= 4 is 11.7 Å². The average molecular weight is 383 g/mol. The number of aryl methyl sites for hydroxylation is 4. The number of aromatic nitrogens is 3. The van der Waals surface area contributed by atoms with Crippen LogP contribution in [0.2, 0.25) is 0 Å². The molecule has 3 saturated heterocycles. The van der Waals surface area contributed by atoms with E-state index >= 15 is 0 Å². The first kappa shape index (κ1) is 18.9.